The third kappa shape index (κ3) is 2.78. The minimum absolute atomic E-state index is 0.178. The van der Waals surface area contributed by atoms with Gasteiger partial charge in [-0.25, -0.2) is 0 Å². The second-order valence-electron chi connectivity index (χ2n) is 4.22. The Kier molecular flexibility index (Phi) is 3.89. The Bertz CT molecular complexity index is 435. The first-order valence-corrected chi connectivity index (χ1v) is 5.68. The highest BCUT2D eigenvalue weighted by Crippen LogP contribution is 2.33. The summed E-state index contributed by atoms with van der Waals surface area (Å²) in [5, 5.41) is 3.52. The van der Waals surface area contributed by atoms with Crippen molar-refractivity contribution in [1.29, 1.82) is 0 Å². The number of rotatable bonds is 3. The molecule has 2 saturated heterocycles. The third-order valence-electron chi connectivity index (χ3n) is 2.83. The highest BCUT2D eigenvalue weighted by Gasteiger charge is 2.53. The topological polar surface area (TPSA) is 120 Å². The van der Waals surface area contributed by atoms with Gasteiger partial charge in [0.1, 0.15) is 12.1 Å². The van der Waals surface area contributed by atoms with Gasteiger partial charge in [0, 0.05) is 18.8 Å². The molecule has 0 aromatic carbocycles. The Morgan fingerprint density at radius 2 is 1.89 bits per heavy atom. The number of fused-ring (bicyclic) bond motifs is 2. The molecule has 104 valence electrons. The maximum Gasteiger partial charge on any atom is 0.303 e. The summed E-state index contributed by atoms with van der Waals surface area (Å²) in [4.78, 5) is 24.9. The summed E-state index contributed by atoms with van der Waals surface area (Å²) in [6.45, 7) is 2.63. The number of nitrogens with zero attached hydrogens (tertiary/aromatic N) is 3. The van der Waals surface area contributed by atoms with Crippen LogP contribution in [-0.2, 0) is 28.5 Å². The van der Waals surface area contributed by atoms with Gasteiger partial charge in [-0.15, -0.1) is 0 Å². The second kappa shape index (κ2) is 5.43. The van der Waals surface area contributed by atoms with Crippen LogP contribution in [-0.4, -0.2) is 49.2 Å². The first-order valence-electron chi connectivity index (χ1n) is 5.68. The number of azide groups is 1. The van der Waals surface area contributed by atoms with Crippen molar-refractivity contribution in [3.63, 3.8) is 0 Å². The first-order chi connectivity index (χ1) is 9.02. The Morgan fingerprint density at radius 3 is 2.47 bits per heavy atom. The van der Waals surface area contributed by atoms with Crippen molar-refractivity contribution in [1.82, 2.24) is 0 Å². The zero-order valence-electron chi connectivity index (χ0n) is 10.4. The normalized spacial score (nSPS) is 36.2. The molecule has 2 fully saturated rings. The van der Waals surface area contributed by atoms with Crippen molar-refractivity contribution < 1.29 is 28.5 Å². The van der Waals surface area contributed by atoms with Gasteiger partial charge in [0.25, 0.3) is 0 Å². The maximum atomic E-state index is 11.1. The molecule has 2 unspecified atom stereocenters. The number of carbonyl (C=O) groups is 2. The van der Waals surface area contributed by atoms with Crippen LogP contribution in [0, 0.1) is 0 Å². The van der Waals surface area contributed by atoms with E-state index >= 15 is 0 Å². The van der Waals surface area contributed by atoms with E-state index in [1.54, 1.807) is 0 Å². The zero-order valence-corrected chi connectivity index (χ0v) is 10.4. The van der Waals surface area contributed by atoms with Crippen LogP contribution in [0.1, 0.15) is 13.8 Å². The lowest BCUT2D eigenvalue weighted by molar-refractivity contribution is -0.209. The summed E-state index contributed by atoms with van der Waals surface area (Å²) in [6.07, 6.45) is -3.10. The van der Waals surface area contributed by atoms with Crippen molar-refractivity contribution in [2.45, 2.75) is 44.5 Å². The van der Waals surface area contributed by atoms with Gasteiger partial charge in [-0.1, -0.05) is 5.11 Å². The predicted octanol–water partition coefficient (Wildman–Crippen LogP) is 0.284. The largest absolute Gasteiger partial charge is 0.458 e. The van der Waals surface area contributed by atoms with Crippen LogP contribution in [0.15, 0.2) is 5.11 Å². The van der Waals surface area contributed by atoms with E-state index in [2.05, 4.69) is 10.0 Å². The third-order valence-corrected chi connectivity index (χ3v) is 2.83. The van der Waals surface area contributed by atoms with Gasteiger partial charge in [-0.2, -0.15) is 0 Å². The fraction of sp³-hybridized carbons (Fsp3) is 0.800. The number of esters is 2. The maximum absolute atomic E-state index is 11.1. The fourth-order valence-corrected chi connectivity index (χ4v) is 2.20. The number of hydrogen-bond donors (Lipinski definition) is 0. The molecule has 2 aliphatic rings. The molecule has 2 bridgehead atoms. The lowest BCUT2D eigenvalue weighted by Gasteiger charge is -2.37. The van der Waals surface area contributed by atoms with Crippen LogP contribution in [0.2, 0.25) is 0 Å². The van der Waals surface area contributed by atoms with E-state index in [0.29, 0.717) is 0 Å². The van der Waals surface area contributed by atoms with Gasteiger partial charge in [0.2, 0.25) is 0 Å². The summed E-state index contributed by atoms with van der Waals surface area (Å²) >= 11 is 0. The van der Waals surface area contributed by atoms with Crippen molar-refractivity contribution in [2.75, 3.05) is 6.61 Å². The van der Waals surface area contributed by atoms with Crippen LogP contribution < -0.4 is 0 Å². The Morgan fingerprint density at radius 1 is 1.26 bits per heavy atom. The molecule has 2 rings (SSSR count). The van der Waals surface area contributed by atoms with E-state index in [-0.39, 0.29) is 6.61 Å². The molecular weight excluding hydrogens is 258 g/mol. The van der Waals surface area contributed by atoms with Gasteiger partial charge >= 0.3 is 11.9 Å². The first kappa shape index (κ1) is 13.6. The summed E-state index contributed by atoms with van der Waals surface area (Å²) in [7, 11) is 0. The highest BCUT2D eigenvalue weighted by molar-refractivity contribution is 5.67. The van der Waals surface area contributed by atoms with Crippen LogP contribution in [0.3, 0.4) is 0 Å². The molecule has 0 amide bonds. The predicted molar refractivity (Wildman–Crippen MR) is 58.7 cm³/mol. The van der Waals surface area contributed by atoms with Crippen molar-refractivity contribution >= 4 is 11.9 Å². The Hall–Kier alpha value is -1.83. The van der Waals surface area contributed by atoms with Crippen LogP contribution in [0.25, 0.3) is 10.4 Å². The minimum Gasteiger partial charge on any atom is -0.458 e. The van der Waals surface area contributed by atoms with Gasteiger partial charge in [0.05, 0.1) is 6.61 Å². The molecule has 0 radical (unpaired) electrons. The monoisotopic (exact) mass is 271 g/mol. The zero-order chi connectivity index (χ0) is 14.0. The van der Waals surface area contributed by atoms with E-state index in [1.165, 1.54) is 13.8 Å². The van der Waals surface area contributed by atoms with Crippen LogP contribution in [0.4, 0.5) is 0 Å². The molecular formula is C10H13N3O6. The fourth-order valence-electron chi connectivity index (χ4n) is 2.20. The minimum atomic E-state index is -0.913. The van der Waals surface area contributed by atoms with Crippen LogP contribution in [0.5, 0.6) is 0 Å². The molecule has 0 spiro atoms. The average molecular weight is 271 g/mol. The van der Waals surface area contributed by atoms with Crippen molar-refractivity contribution in [2.24, 2.45) is 5.11 Å². The highest BCUT2D eigenvalue weighted by atomic mass is 16.7. The molecule has 2 aliphatic heterocycles. The van der Waals surface area contributed by atoms with Crippen molar-refractivity contribution in [3.05, 3.63) is 10.4 Å². The molecule has 0 N–H and O–H groups in total. The van der Waals surface area contributed by atoms with E-state index in [1.807, 2.05) is 0 Å². The van der Waals surface area contributed by atoms with E-state index in [9.17, 15) is 9.59 Å². The van der Waals surface area contributed by atoms with Crippen LogP contribution >= 0.6 is 0 Å². The lowest BCUT2D eigenvalue weighted by atomic mass is 9.99. The molecule has 9 heteroatoms. The van der Waals surface area contributed by atoms with E-state index < -0.39 is 42.6 Å². The summed E-state index contributed by atoms with van der Waals surface area (Å²) < 4.78 is 20.9. The summed E-state index contributed by atoms with van der Waals surface area (Å²) in [5.41, 5.74) is 8.56. The van der Waals surface area contributed by atoms with Gasteiger partial charge in [-0.3, -0.25) is 9.59 Å². The average Bonchev–Trinajstić information content (AvgIpc) is 2.74. The lowest BCUT2D eigenvalue weighted by Crippen LogP contribution is -2.56. The molecule has 0 saturated carbocycles. The second-order valence-corrected chi connectivity index (χ2v) is 4.22. The summed E-state index contributed by atoms with van der Waals surface area (Å²) in [5.74, 6) is -1.11. The molecule has 5 atom stereocenters. The molecule has 0 aliphatic carbocycles. The number of ether oxygens (including phenoxy) is 4. The van der Waals surface area contributed by atoms with Gasteiger partial charge in [-0.05, 0) is 5.53 Å². The van der Waals surface area contributed by atoms with Gasteiger partial charge < -0.3 is 18.9 Å². The Balaban J connectivity index is 2.28. The standard InChI is InChI=1S/C10H13N3O6/c1-4(14)17-8-6-3-16-10(19-6)7(12-13-11)9(8)18-5(2)15/h6-10H,3H2,1-2H3/t6-,7?,8-,9-,10?/m1/s1. The van der Waals surface area contributed by atoms with E-state index in [4.69, 9.17) is 24.5 Å². The molecule has 0 aromatic rings. The smallest absolute Gasteiger partial charge is 0.303 e. The molecule has 0 aromatic heterocycles. The number of carbonyl (C=O) groups excluding carboxylic acids is 2. The van der Waals surface area contributed by atoms with E-state index in [0.717, 1.165) is 0 Å². The van der Waals surface area contributed by atoms with Crippen molar-refractivity contribution in [3.8, 4) is 0 Å². The molecule has 2 heterocycles. The quantitative estimate of drug-likeness (QED) is 0.315. The SMILES string of the molecule is CC(=O)O[C@H]1[C@H](OC(C)=O)C(N=[N+]=[N-])C2OC[C@H]1O2. The number of hydrogen-bond acceptors (Lipinski definition) is 7. The molecule has 19 heavy (non-hydrogen) atoms. The molecule has 9 nitrogen and oxygen atoms in total. The Labute approximate surface area is 108 Å². The van der Waals surface area contributed by atoms with Gasteiger partial charge in [0.15, 0.2) is 18.5 Å². The summed E-state index contributed by atoms with van der Waals surface area (Å²) in [6, 6.07) is -0.892.